The molecular weight excluding hydrogens is 222 g/mol. The van der Waals surface area contributed by atoms with Crippen LogP contribution in [0, 0.1) is 6.92 Å². The number of aliphatic carboxylic acids is 1. The Morgan fingerprint density at radius 2 is 2.27 bits per heavy atom. The second kappa shape index (κ2) is 3.89. The quantitative estimate of drug-likeness (QED) is 0.733. The van der Waals surface area contributed by atoms with Crippen molar-refractivity contribution in [2.24, 2.45) is 7.05 Å². The largest absolute Gasteiger partial charge is 0.480 e. The number of carboxylic acids is 1. The zero-order valence-electron chi connectivity index (χ0n) is 8.26. The van der Waals surface area contributed by atoms with Crippen molar-refractivity contribution in [3.8, 4) is 0 Å². The molecule has 0 aliphatic heterocycles. The molecule has 7 nitrogen and oxygen atoms in total. The molecule has 2 N–H and O–H groups in total. The lowest BCUT2D eigenvalue weighted by molar-refractivity contribution is -0.134. The van der Waals surface area contributed by atoms with Gasteiger partial charge in [0, 0.05) is 18.8 Å². The van der Waals surface area contributed by atoms with Gasteiger partial charge in [-0.1, -0.05) is 0 Å². The smallest absolute Gasteiger partial charge is 0.320 e. The normalized spacial score (nSPS) is 11.3. The molecule has 0 unspecified atom stereocenters. The third-order valence-corrected chi connectivity index (χ3v) is 2.83. The fourth-order valence-electron chi connectivity index (χ4n) is 0.968. The lowest BCUT2D eigenvalue weighted by atomic mass is 10.5. The van der Waals surface area contributed by atoms with Crippen LogP contribution in [0.4, 0.5) is 5.82 Å². The van der Waals surface area contributed by atoms with Crippen molar-refractivity contribution in [2.45, 2.75) is 6.92 Å². The third kappa shape index (κ3) is 3.24. The Morgan fingerprint density at radius 3 is 2.67 bits per heavy atom. The van der Waals surface area contributed by atoms with E-state index in [1.54, 1.807) is 14.0 Å². The van der Waals surface area contributed by atoms with Crippen LogP contribution in [-0.4, -0.2) is 35.0 Å². The second-order valence-electron chi connectivity index (χ2n) is 3.05. The van der Waals surface area contributed by atoms with Crippen LogP contribution >= 0.6 is 0 Å². The van der Waals surface area contributed by atoms with Gasteiger partial charge in [0.1, 0.15) is 0 Å². The summed E-state index contributed by atoms with van der Waals surface area (Å²) >= 11 is 0. The SMILES string of the molecule is Cc1cc(NS(=O)(=O)CC(=O)O)nn1C. The fourth-order valence-corrected chi connectivity index (χ4v) is 1.78. The minimum Gasteiger partial charge on any atom is -0.480 e. The molecule has 0 aliphatic rings. The molecule has 0 radical (unpaired) electrons. The summed E-state index contributed by atoms with van der Waals surface area (Å²) in [5, 5.41) is 12.2. The number of hydrogen-bond acceptors (Lipinski definition) is 4. The number of anilines is 1. The predicted molar refractivity (Wildman–Crippen MR) is 53.0 cm³/mol. The molecule has 0 fully saturated rings. The Hall–Kier alpha value is -1.57. The molecule has 0 spiro atoms. The van der Waals surface area contributed by atoms with E-state index < -0.39 is 21.7 Å². The minimum atomic E-state index is -3.86. The van der Waals surface area contributed by atoms with E-state index in [0.29, 0.717) is 0 Å². The lowest BCUT2D eigenvalue weighted by Crippen LogP contribution is -2.22. The van der Waals surface area contributed by atoms with Gasteiger partial charge < -0.3 is 5.11 Å². The molecule has 1 aromatic rings. The van der Waals surface area contributed by atoms with Crippen LogP contribution in [0.25, 0.3) is 0 Å². The number of carboxylic acid groups (broad SMARTS) is 1. The number of carbonyl (C=O) groups is 1. The molecule has 0 saturated heterocycles. The standard InChI is InChI=1S/C7H11N3O4S/c1-5-3-6(8-10(5)2)9-15(13,14)4-7(11)12/h3H,4H2,1-2H3,(H,8,9)(H,11,12). The number of aromatic nitrogens is 2. The number of nitrogens with zero attached hydrogens (tertiary/aromatic N) is 2. The molecule has 0 saturated carbocycles. The summed E-state index contributed by atoms with van der Waals surface area (Å²) in [5.74, 6) is -2.26. The van der Waals surface area contributed by atoms with Gasteiger partial charge in [0.05, 0.1) is 0 Å². The summed E-state index contributed by atoms with van der Waals surface area (Å²) in [6.45, 7) is 1.75. The lowest BCUT2D eigenvalue weighted by Gasteiger charge is -2.01. The molecule has 1 aromatic heterocycles. The Kier molecular flexibility index (Phi) is 2.98. The topological polar surface area (TPSA) is 101 Å². The zero-order valence-corrected chi connectivity index (χ0v) is 9.08. The molecule has 8 heteroatoms. The fraction of sp³-hybridized carbons (Fsp3) is 0.429. The van der Waals surface area contributed by atoms with E-state index in [1.165, 1.54) is 10.7 Å². The van der Waals surface area contributed by atoms with Gasteiger partial charge in [0.15, 0.2) is 11.6 Å². The average molecular weight is 233 g/mol. The minimum absolute atomic E-state index is 0.122. The van der Waals surface area contributed by atoms with Crippen LogP contribution in [0.15, 0.2) is 6.07 Å². The van der Waals surface area contributed by atoms with Crippen LogP contribution in [0.1, 0.15) is 5.69 Å². The second-order valence-corrected chi connectivity index (χ2v) is 4.77. The summed E-state index contributed by atoms with van der Waals surface area (Å²) < 4.78 is 25.9. The van der Waals surface area contributed by atoms with Gasteiger partial charge in [-0.25, -0.2) is 8.42 Å². The highest BCUT2D eigenvalue weighted by molar-refractivity contribution is 7.93. The number of rotatable bonds is 4. The first-order chi connectivity index (χ1) is 6.80. The maximum absolute atomic E-state index is 11.2. The highest BCUT2D eigenvalue weighted by Crippen LogP contribution is 2.08. The molecule has 15 heavy (non-hydrogen) atoms. The first-order valence-corrected chi connectivity index (χ1v) is 5.68. The number of sulfonamides is 1. The number of hydrogen-bond donors (Lipinski definition) is 2. The molecule has 1 rings (SSSR count). The van der Waals surface area contributed by atoms with Crippen LogP contribution < -0.4 is 4.72 Å². The number of aryl methyl sites for hydroxylation is 2. The first-order valence-electron chi connectivity index (χ1n) is 4.03. The van der Waals surface area contributed by atoms with Crippen molar-refractivity contribution in [1.82, 2.24) is 9.78 Å². The maximum atomic E-state index is 11.2. The monoisotopic (exact) mass is 233 g/mol. The van der Waals surface area contributed by atoms with Gasteiger partial charge >= 0.3 is 5.97 Å². The van der Waals surface area contributed by atoms with Gasteiger partial charge in [-0.15, -0.1) is 0 Å². The summed E-state index contributed by atoms with van der Waals surface area (Å²) in [7, 11) is -2.21. The van der Waals surface area contributed by atoms with Crippen molar-refractivity contribution >= 4 is 21.8 Å². The van der Waals surface area contributed by atoms with Crippen molar-refractivity contribution in [1.29, 1.82) is 0 Å². The van der Waals surface area contributed by atoms with Gasteiger partial charge in [-0.05, 0) is 6.92 Å². The van der Waals surface area contributed by atoms with Crippen molar-refractivity contribution in [3.63, 3.8) is 0 Å². The van der Waals surface area contributed by atoms with E-state index in [0.717, 1.165) is 5.69 Å². The Balaban J connectivity index is 2.82. The summed E-state index contributed by atoms with van der Waals surface area (Å²) in [4.78, 5) is 10.2. The molecular formula is C7H11N3O4S. The van der Waals surface area contributed by atoms with Gasteiger partial charge in [0.2, 0.25) is 10.0 Å². The average Bonchev–Trinajstić information content (AvgIpc) is 2.25. The molecule has 84 valence electrons. The Bertz CT molecular complexity index is 457. The predicted octanol–water partition coefficient (Wildman–Crippen LogP) is -0.445. The van der Waals surface area contributed by atoms with Crippen LogP contribution in [-0.2, 0) is 21.9 Å². The maximum Gasteiger partial charge on any atom is 0.320 e. The molecule has 0 amide bonds. The highest BCUT2D eigenvalue weighted by Gasteiger charge is 2.16. The molecule has 0 atom stereocenters. The summed E-state index contributed by atoms with van der Waals surface area (Å²) in [5.41, 5.74) is 0.767. The Morgan fingerprint density at radius 1 is 1.67 bits per heavy atom. The molecule has 1 heterocycles. The van der Waals surface area contributed by atoms with E-state index >= 15 is 0 Å². The molecule has 0 aliphatic carbocycles. The first kappa shape index (κ1) is 11.5. The summed E-state index contributed by atoms with van der Waals surface area (Å²) in [6, 6.07) is 1.51. The van der Waals surface area contributed by atoms with Crippen LogP contribution in [0.3, 0.4) is 0 Å². The van der Waals surface area contributed by atoms with Crippen molar-refractivity contribution in [3.05, 3.63) is 11.8 Å². The van der Waals surface area contributed by atoms with Gasteiger partial charge in [0.25, 0.3) is 0 Å². The van der Waals surface area contributed by atoms with E-state index in [1.807, 2.05) is 0 Å². The Labute approximate surface area is 86.8 Å². The van der Waals surface area contributed by atoms with E-state index in [-0.39, 0.29) is 5.82 Å². The number of nitrogens with one attached hydrogen (secondary N) is 1. The summed E-state index contributed by atoms with van der Waals surface area (Å²) in [6.07, 6.45) is 0. The van der Waals surface area contributed by atoms with E-state index in [9.17, 15) is 13.2 Å². The van der Waals surface area contributed by atoms with Crippen LogP contribution in [0.5, 0.6) is 0 Å². The zero-order chi connectivity index (χ0) is 11.6. The van der Waals surface area contributed by atoms with Gasteiger partial charge in [-0.2, -0.15) is 5.10 Å². The van der Waals surface area contributed by atoms with E-state index in [2.05, 4.69) is 9.82 Å². The van der Waals surface area contributed by atoms with Gasteiger partial charge in [-0.3, -0.25) is 14.2 Å². The third-order valence-electron chi connectivity index (χ3n) is 1.69. The van der Waals surface area contributed by atoms with Crippen molar-refractivity contribution < 1.29 is 18.3 Å². The highest BCUT2D eigenvalue weighted by atomic mass is 32.2. The van der Waals surface area contributed by atoms with E-state index in [4.69, 9.17) is 5.11 Å². The molecule has 0 bridgehead atoms. The molecule has 0 aromatic carbocycles. The van der Waals surface area contributed by atoms with Crippen LogP contribution in [0.2, 0.25) is 0 Å². The van der Waals surface area contributed by atoms with Crippen molar-refractivity contribution in [2.75, 3.05) is 10.5 Å².